The van der Waals surface area contributed by atoms with E-state index in [9.17, 15) is 9.59 Å². The van der Waals surface area contributed by atoms with Crippen molar-refractivity contribution >= 4 is 12.0 Å². The van der Waals surface area contributed by atoms with Gasteiger partial charge in [-0.2, -0.15) is 0 Å². The van der Waals surface area contributed by atoms with Crippen molar-refractivity contribution in [3.8, 4) is 0 Å². The highest BCUT2D eigenvalue weighted by molar-refractivity contribution is 5.79. The minimum absolute atomic E-state index is 0.141. The number of amides is 2. The van der Waals surface area contributed by atoms with Crippen molar-refractivity contribution in [3.63, 3.8) is 0 Å². The predicted molar refractivity (Wildman–Crippen MR) is 111 cm³/mol. The van der Waals surface area contributed by atoms with Crippen LogP contribution in [0.1, 0.15) is 70.9 Å². The van der Waals surface area contributed by atoms with Gasteiger partial charge >= 0.3 is 6.09 Å². The Kier molecular flexibility index (Phi) is 6.85. The van der Waals surface area contributed by atoms with E-state index in [2.05, 4.69) is 14.9 Å². The number of nitrogens with zero attached hydrogens (tertiary/aromatic N) is 3. The number of hydrogen-bond acceptors (Lipinski definition) is 4. The van der Waals surface area contributed by atoms with Crippen molar-refractivity contribution < 1.29 is 14.3 Å². The smallest absolute Gasteiger partial charge is 0.410 e. The molecule has 0 radical (unpaired) electrons. The molecule has 0 bridgehead atoms. The standard InChI is InChI=1S/C22H36N4O3/c1-22(2,3)29-21(28)25(4)14-16-5-7-18(8-6-16)20(27)26-11-9-17(10-12-26)19-13-23-15-24-19/h13,15-18H,5-12,14H2,1-4H3,(H,23,24). The van der Waals surface area contributed by atoms with Crippen molar-refractivity contribution in [2.45, 2.75) is 70.8 Å². The zero-order chi connectivity index (χ0) is 21.0. The molecule has 29 heavy (non-hydrogen) atoms. The summed E-state index contributed by atoms with van der Waals surface area (Å²) in [5, 5.41) is 0. The molecular weight excluding hydrogens is 368 g/mol. The highest BCUT2D eigenvalue weighted by Crippen LogP contribution is 2.33. The fourth-order valence-electron chi connectivity index (χ4n) is 4.55. The van der Waals surface area contributed by atoms with Gasteiger partial charge in [0.25, 0.3) is 0 Å². The minimum atomic E-state index is -0.472. The summed E-state index contributed by atoms with van der Waals surface area (Å²) in [4.78, 5) is 36.2. The lowest BCUT2D eigenvalue weighted by Crippen LogP contribution is -2.43. The van der Waals surface area contributed by atoms with E-state index in [1.807, 2.05) is 27.0 Å². The second kappa shape index (κ2) is 9.18. The van der Waals surface area contributed by atoms with Gasteiger partial charge in [-0.05, 0) is 65.2 Å². The first-order valence-electron chi connectivity index (χ1n) is 10.9. The predicted octanol–water partition coefficient (Wildman–Crippen LogP) is 3.79. The van der Waals surface area contributed by atoms with E-state index in [1.54, 1.807) is 18.3 Å². The van der Waals surface area contributed by atoms with Gasteiger partial charge in [-0.25, -0.2) is 9.78 Å². The Bertz CT molecular complexity index is 667. The zero-order valence-corrected chi connectivity index (χ0v) is 18.3. The van der Waals surface area contributed by atoms with Crippen LogP contribution in [-0.2, 0) is 9.53 Å². The number of rotatable bonds is 4. The van der Waals surface area contributed by atoms with Crippen LogP contribution in [0.5, 0.6) is 0 Å². The van der Waals surface area contributed by atoms with Gasteiger partial charge in [0, 0.05) is 50.4 Å². The fraction of sp³-hybridized carbons (Fsp3) is 0.773. The number of likely N-dealkylation sites (tertiary alicyclic amines) is 1. The maximum Gasteiger partial charge on any atom is 0.410 e. The molecule has 0 spiro atoms. The normalized spacial score (nSPS) is 23.7. The molecule has 2 amide bonds. The number of ether oxygens (including phenoxy) is 1. The van der Waals surface area contributed by atoms with Crippen LogP contribution >= 0.6 is 0 Å². The summed E-state index contributed by atoms with van der Waals surface area (Å²) in [7, 11) is 1.80. The van der Waals surface area contributed by atoms with Crippen LogP contribution in [-0.4, -0.2) is 64.1 Å². The SMILES string of the molecule is CN(CC1CCC(C(=O)N2CCC(c3cnc[nH]3)CC2)CC1)C(=O)OC(C)(C)C. The third-order valence-electron chi connectivity index (χ3n) is 6.20. The molecule has 1 saturated heterocycles. The van der Waals surface area contributed by atoms with Crippen molar-refractivity contribution in [1.82, 2.24) is 19.8 Å². The van der Waals surface area contributed by atoms with Crippen LogP contribution in [0.3, 0.4) is 0 Å². The lowest BCUT2D eigenvalue weighted by Gasteiger charge is -2.36. The number of nitrogens with one attached hydrogen (secondary N) is 1. The van der Waals surface area contributed by atoms with E-state index >= 15 is 0 Å². The van der Waals surface area contributed by atoms with Gasteiger partial charge in [0.1, 0.15) is 5.60 Å². The number of hydrogen-bond donors (Lipinski definition) is 1. The summed E-state index contributed by atoms with van der Waals surface area (Å²) in [6, 6.07) is 0. The average Bonchev–Trinajstić information content (AvgIpc) is 3.21. The Hall–Kier alpha value is -2.05. The van der Waals surface area contributed by atoms with E-state index in [-0.39, 0.29) is 12.0 Å². The van der Waals surface area contributed by atoms with Gasteiger partial charge < -0.3 is 19.5 Å². The van der Waals surface area contributed by atoms with Crippen molar-refractivity contribution in [2.75, 3.05) is 26.7 Å². The van der Waals surface area contributed by atoms with Crippen LogP contribution in [0.4, 0.5) is 4.79 Å². The molecule has 3 rings (SSSR count). The lowest BCUT2D eigenvalue weighted by molar-refractivity contribution is -0.138. The Morgan fingerprint density at radius 3 is 2.38 bits per heavy atom. The summed E-state index contributed by atoms with van der Waals surface area (Å²) >= 11 is 0. The molecule has 162 valence electrons. The average molecular weight is 405 g/mol. The topological polar surface area (TPSA) is 78.5 Å². The minimum Gasteiger partial charge on any atom is -0.444 e. The number of piperidine rings is 1. The van der Waals surface area contributed by atoms with Crippen LogP contribution < -0.4 is 0 Å². The second-order valence-electron chi connectivity index (χ2n) is 9.69. The third-order valence-corrected chi connectivity index (χ3v) is 6.20. The van der Waals surface area contributed by atoms with E-state index in [4.69, 9.17) is 4.74 Å². The highest BCUT2D eigenvalue weighted by atomic mass is 16.6. The van der Waals surface area contributed by atoms with Crippen molar-refractivity contribution in [3.05, 3.63) is 18.2 Å². The zero-order valence-electron chi connectivity index (χ0n) is 18.3. The summed E-state index contributed by atoms with van der Waals surface area (Å²) < 4.78 is 5.44. The molecule has 1 saturated carbocycles. The van der Waals surface area contributed by atoms with Gasteiger partial charge in [0.2, 0.25) is 5.91 Å². The number of aromatic amines is 1. The van der Waals surface area contributed by atoms with E-state index < -0.39 is 5.60 Å². The lowest BCUT2D eigenvalue weighted by atomic mass is 9.80. The Morgan fingerprint density at radius 2 is 1.83 bits per heavy atom. The maximum atomic E-state index is 13.0. The quantitative estimate of drug-likeness (QED) is 0.828. The van der Waals surface area contributed by atoms with E-state index in [0.717, 1.165) is 51.6 Å². The number of carbonyl (C=O) groups excluding carboxylic acids is 2. The molecule has 1 aliphatic heterocycles. The monoisotopic (exact) mass is 404 g/mol. The third kappa shape index (κ3) is 5.97. The van der Waals surface area contributed by atoms with E-state index in [0.29, 0.717) is 24.3 Å². The second-order valence-corrected chi connectivity index (χ2v) is 9.69. The summed E-state index contributed by atoms with van der Waals surface area (Å²) in [5.74, 6) is 1.40. The Labute approximate surface area is 174 Å². The molecule has 2 aliphatic rings. The molecule has 1 aliphatic carbocycles. The van der Waals surface area contributed by atoms with Gasteiger partial charge in [-0.15, -0.1) is 0 Å². The number of imidazole rings is 1. The van der Waals surface area contributed by atoms with Gasteiger partial charge in [0.05, 0.1) is 6.33 Å². The molecule has 2 heterocycles. The molecule has 0 unspecified atom stereocenters. The Balaban J connectivity index is 1.40. The van der Waals surface area contributed by atoms with Crippen LogP contribution in [0, 0.1) is 11.8 Å². The van der Waals surface area contributed by atoms with Gasteiger partial charge in [0.15, 0.2) is 0 Å². The molecular formula is C22H36N4O3. The molecule has 1 aromatic rings. The molecule has 7 nitrogen and oxygen atoms in total. The summed E-state index contributed by atoms with van der Waals surface area (Å²) in [6.45, 7) is 8.02. The molecule has 0 aromatic carbocycles. The molecule has 0 atom stereocenters. The first-order chi connectivity index (χ1) is 13.7. The summed E-state index contributed by atoms with van der Waals surface area (Å²) in [5.41, 5.74) is 0.715. The molecule has 1 N–H and O–H groups in total. The van der Waals surface area contributed by atoms with Crippen LogP contribution in [0.2, 0.25) is 0 Å². The fourth-order valence-corrected chi connectivity index (χ4v) is 4.55. The van der Waals surface area contributed by atoms with Crippen molar-refractivity contribution in [1.29, 1.82) is 0 Å². The first kappa shape index (κ1) is 21.7. The first-order valence-corrected chi connectivity index (χ1v) is 10.9. The maximum absolute atomic E-state index is 13.0. The number of aromatic nitrogens is 2. The molecule has 1 aromatic heterocycles. The number of H-pyrrole nitrogens is 1. The van der Waals surface area contributed by atoms with Crippen LogP contribution in [0.25, 0.3) is 0 Å². The molecule has 2 fully saturated rings. The van der Waals surface area contributed by atoms with Crippen LogP contribution in [0.15, 0.2) is 12.5 Å². The highest BCUT2D eigenvalue weighted by Gasteiger charge is 2.33. The summed E-state index contributed by atoms with van der Waals surface area (Å²) in [6.07, 6.45) is 9.20. The largest absolute Gasteiger partial charge is 0.444 e. The van der Waals surface area contributed by atoms with Gasteiger partial charge in [-0.3, -0.25) is 4.79 Å². The van der Waals surface area contributed by atoms with E-state index in [1.165, 1.54) is 5.69 Å². The number of carbonyl (C=O) groups is 2. The molecule has 7 heteroatoms. The Morgan fingerprint density at radius 1 is 1.17 bits per heavy atom. The van der Waals surface area contributed by atoms with Crippen molar-refractivity contribution in [2.24, 2.45) is 11.8 Å². The van der Waals surface area contributed by atoms with Gasteiger partial charge in [-0.1, -0.05) is 0 Å².